The van der Waals surface area contributed by atoms with Crippen molar-refractivity contribution in [1.29, 1.82) is 0 Å². The molecule has 1 rings (SSSR count). The highest BCUT2D eigenvalue weighted by Crippen LogP contribution is 2.14. The van der Waals surface area contributed by atoms with E-state index in [0.717, 1.165) is 0 Å². The van der Waals surface area contributed by atoms with Crippen LogP contribution in [0.4, 0.5) is 0 Å². The van der Waals surface area contributed by atoms with Gasteiger partial charge in [0, 0.05) is 12.5 Å². The first-order valence-corrected chi connectivity index (χ1v) is 2.52. The van der Waals surface area contributed by atoms with Gasteiger partial charge in [-0.15, -0.1) is 0 Å². The maximum absolute atomic E-state index is 10.4. The Morgan fingerprint density at radius 3 is 2.62 bits per heavy atom. The molecule has 0 aliphatic carbocycles. The summed E-state index contributed by atoms with van der Waals surface area (Å²) in [7, 11) is 0. The third kappa shape index (κ3) is 0.510. The molecule has 1 unspecified atom stereocenters. The van der Waals surface area contributed by atoms with E-state index in [9.17, 15) is 9.59 Å². The van der Waals surface area contributed by atoms with Crippen LogP contribution in [0.1, 0.15) is 13.3 Å². The second-order valence-electron chi connectivity index (χ2n) is 1.96. The average Bonchev–Trinajstić information content (AvgIpc) is 1.67. The van der Waals surface area contributed by atoms with Gasteiger partial charge in [-0.25, -0.2) is 0 Å². The van der Waals surface area contributed by atoms with Gasteiger partial charge in [0.2, 0.25) is 12.3 Å². The minimum Gasteiger partial charge on any atom is -0.282 e. The lowest BCUT2D eigenvalue weighted by molar-refractivity contribution is -0.150. The monoisotopic (exact) mass is 113 g/mol. The van der Waals surface area contributed by atoms with E-state index in [0.29, 0.717) is 12.8 Å². The van der Waals surface area contributed by atoms with Crippen LogP contribution in [0.15, 0.2) is 0 Å². The molecule has 3 heteroatoms. The van der Waals surface area contributed by atoms with Crippen molar-refractivity contribution in [3.63, 3.8) is 0 Å². The number of carbonyl (C=O) groups is 2. The SMILES string of the molecule is CC1CC(=O)N1C=O. The van der Waals surface area contributed by atoms with E-state index in [2.05, 4.69) is 0 Å². The van der Waals surface area contributed by atoms with Gasteiger partial charge in [-0.1, -0.05) is 0 Å². The van der Waals surface area contributed by atoms with Gasteiger partial charge in [0.05, 0.1) is 0 Å². The predicted octanol–water partition coefficient (Wildman–Crippen LogP) is -0.236. The summed E-state index contributed by atoms with van der Waals surface area (Å²) in [6.07, 6.45) is 1.11. The summed E-state index contributed by atoms with van der Waals surface area (Å²) < 4.78 is 0. The van der Waals surface area contributed by atoms with Crippen LogP contribution in [0.3, 0.4) is 0 Å². The molecule has 1 fully saturated rings. The first-order valence-electron chi connectivity index (χ1n) is 2.52. The van der Waals surface area contributed by atoms with Crippen molar-refractivity contribution in [2.45, 2.75) is 19.4 Å². The Balaban J connectivity index is 2.52. The zero-order valence-corrected chi connectivity index (χ0v) is 4.63. The van der Waals surface area contributed by atoms with Crippen molar-refractivity contribution in [1.82, 2.24) is 4.90 Å². The molecular weight excluding hydrogens is 106 g/mol. The van der Waals surface area contributed by atoms with E-state index in [4.69, 9.17) is 0 Å². The number of imide groups is 1. The number of hydrogen-bond donors (Lipinski definition) is 0. The van der Waals surface area contributed by atoms with Crippen LogP contribution in [0.25, 0.3) is 0 Å². The van der Waals surface area contributed by atoms with E-state index in [-0.39, 0.29) is 11.9 Å². The van der Waals surface area contributed by atoms with Gasteiger partial charge in [0.15, 0.2) is 0 Å². The lowest BCUT2D eigenvalue weighted by Crippen LogP contribution is -2.49. The van der Waals surface area contributed by atoms with Crippen LogP contribution >= 0.6 is 0 Å². The normalized spacial score (nSPS) is 27.4. The first kappa shape index (κ1) is 5.28. The Morgan fingerprint density at radius 2 is 2.50 bits per heavy atom. The molecule has 0 aromatic rings. The summed E-state index contributed by atoms with van der Waals surface area (Å²) in [5, 5.41) is 0. The van der Waals surface area contributed by atoms with Gasteiger partial charge in [-0.05, 0) is 6.92 Å². The van der Waals surface area contributed by atoms with E-state index in [1.165, 1.54) is 4.90 Å². The van der Waals surface area contributed by atoms with Crippen LogP contribution in [0.2, 0.25) is 0 Å². The van der Waals surface area contributed by atoms with Crippen LogP contribution in [-0.2, 0) is 9.59 Å². The maximum atomic E-state index is 10.4. The maximum Gasteiger partial charge on any atom is 0.231 e. The highest BCUT2D eigenvalue weighted by Gasteiger charge is 2.31. The summed E-state index contributed by atoms with van der Waals surface area (Å²) in [6, 6.07) is 0.139. The fourth-order valence-corrected chi connectivity index (χ4v) is 0.753. The largest absolute Gasteiger partial charge is 0.282 e. The Labute approximate surface area is 47.3 Å². The van der Waals surface area contributed by atoms with Gasteiger partial charge < -0.3 is 0 Å². The summed E-state index contributed by atoms with van der Waals surface area (Å²) in [4.78, 5) is 21.5. The van der Waals surface area contributed by atoms with Crippen LogP contribution in [0.5, 0.6) is 0 Å². The molecule has 0 N–H and O–H groups in total. The standard InChI is InChI=1S/C5H7NO2/c1-4-2-5(8)6(4)3-7/h3-4H,2H2,1H3. The van der Waals surface area contributed by atoms with Crippen LogP contribution in [0, 0.1) is 0 Å². The molecule has 0 spiro atoms. The van der Waals surface area contributed by atoms with Crippen molar-refractivity contribution in [2.24, 2.45) is 0 Å². The van der Waals surface area contributed by atoms with Gasteiger partial charge in [-0.3, -0.25) is 14.5 Å². The van der Waals surface area contributed by atoms with E-state index in [1.54, 1.807) is 0 Å². The summed E-state index contributed by atoms with van der Waals surface area (Å²) in [5.74, 6) is -0.0625. The number of rotatable bonds is 1. The quantitative estimate of drug-likeness (QED) is 0.348. The molecule has 1 aliphatic rings. The molecule has 0 saturated carbocycles. The van der Waals surface area contributed by atoms with Crippen molar-refractivity contribution in [3.8, 4) is 0 Å². The zero-order chi connectivity index (χ0) is 6.15. The third-order valence-electron chi connectivity index (χ3n) is 1.35. The lowest BCUT2D eigenvalue weighted by atomic mass is 10.1. The molecule has 8 heavy (non-hydrogen) atoms. The van der Waals surface area contributed by atoms with Gasteiger partial charge in [-0.2, -0.15) is 0 Å². The molecule has 1 heterocycles. The zero-order valence-electron chi connectivity index (χ0n) is 4.63. The molecule has 1 aliphatic heterocycles. The number of likely N-dealkylation sites (tertiary alicyclic amines) is 1. The summed E-state index contributed by atoms with van der Waals surface area (Å²) >= 11 is 0. The number of nitrogens with zero attached hydrogens (tertiary/aromatic N) is 1. The van der Waals surface area contributed by atoms with Gasteiger partial charge >= 0.3 is 0 Å². The first-order chi connectivity index (χ1) is 3.75. The van der Waals surface area contributed by atoms with Crippen LogP contribution < -0.4 is 0 Å². The smallest absolute Gasteiger partial charge is 0.231 e. The predicted molar refractivity (Wildman–Crippen MR) is 27.0 cm³/mol. The van der Waals surface area contributed by atoms with Gasteiger partial charge in [0.1, 0.15) is 0 Å². The summed E-state index contributed by atoms with van der Waals surface area (Å²) in [6.45, 7) is 1.84. The fraction of sp³-hybridized carbons (Fsp3) is 0.600. The molecule has 0 bridgehead atoms. The van der Waals surface area contributed by atoms with Crippen molar-refractivity contribution < 1.29 is 9.59 Å². The minimum absolute atomic E-state index is 0.0625. The highest BCUT2D eigenvalue weighted by atomic mass is 16.2. The highest BCUT2D eigenvalue weighted by molar-refractivity contribution is 5.92. The second-order valence-corrected chi connectivity index (χ2v) is 1.96. The second kappa shape index (κ2) is 1.58. The van der Waals surface area contributed by atoms with E-state index < -0.39 is 0 Å². The number of carbonyl (C=O) groups excluding carboxylic acids is 2. The molecule has 0 radical (unpaired) electrons. The topological polar surface area (TPSA) is 37.4 Å². The molecular formula is C5H7NO2. The van der Waals surface area contributed by atoms with Crippen LogP contribution in [-0.4, -0.2) is 23.3 Å². The lowest BCUT2D eigenvalue weighted by Gasteiger charge is -2.32. The van der Waals surface area contributed by atoms with Crippen molar-refractivity contribution in [2.75, 3.05) is 0 Å². The molecule has 0 aromatic carbocycles. The molecule has 3 nitrogen and oxygen atoms in total. The Bertz CT molecular complexity index is 132. The minimum atomic E-state index is -0.0625. The molecule has 1 atom stereocenters. The number of amides is 2. The summed E-state index contributed by atoms with van der Waals surface area (Å²) in [5.41, 5.74) is 0. The molecule has 44 valence electrons. The Morgan fingerprint density at radius 1 is 1.88 bits per heavy atom. The number of hydrogen-bond acceptors (Lipinski definition) is 2. The van der Waals surface area contributed by atoms with Crippen molar-refractivity contribution in [3.05, 3.63) is 0 Å². The Hall–Kier alpha value is -0.860. The third-order valence-corrected chi connectivity index (χ3v) is 1.35. The average molecular weight is 113 g/mol. The van der Waals surface area contributed by atoms with Gasteiger partial charge in [0.25, 0.3) is 0 Å². The Kier molecular flexibility index (Phi) is 1.04. The fourth-order valence-electron chi connectivity index (χ4n) is 0.753. The molecule has 1 saturated heterocycles. The van der Waals surface area contributed by atoms with E-state index in [1.807, 2.05) is 6.92 Å². The van der Waals surface area contributed by atoms with E-state index >= 15 is 0 Å². The van der Waals surface area contributed by atoms with Crippen molar-refractivity contribution >= 4 is 12.3 Å². The molecule has 0 aromatic heterocycles. The number of β-lactam (4-membered cyclic amide) rings is 1. The molecule has 2 amide bonds.